The number of carbonyl (C=O) groups is 5. The number of hydrogen-bond donors (Lipinski definition) is 1. The van der Waals surface area contributed by atoms with Gasteiger partial charge in [-0.1, -0.05) is 6.08 Å². The van der Waals surface area contributed by atoms with Gasteiger partial charge < -0.3 is 19.3 Å². The number of nitrogens with zero attached hydrogens (tertiary/aromatic N) is 1. The van der Waals surface area contributed by atoms with Crippen LogP contribution in [0.5, 0.6) is 0 Å². The molecule has 156 valence electrons. The zero-order valence-electron chi connectivity index (χ0n) is 15.9. The summed E-state index contributed by atoms with van der Waals surface area (Å²) < 4.78 is 16.1. The predicted molar refractivity (Wildman–Crippen MR) is 96.9 cm³/mol. The second-order valence-corrected chi connectivity index (χ2v) is 7.21. The van der Waals surface area contributed by atoms with Crippen LogP contribution in [-0.4, -0.2) is 52.8 Å². The second-order valence-electron chi connectivity index (χ2n) is 7.21. The molecule has 10 nitrogen and oxygen atoms in total. The van der Waals surface area contributed by atoms with Gasteiger partial charge in [0, 0.05) is 13.8 Å². The van der Waals surface area contributed by atoms with Crippen molar-refractivity contribution in [3.8, 4) is 0 Å². The van der Waals surface area contributed by atoms with Gasteiger partial charge >= 0.3 is 17.9 Å². The summed E-state index contributed by atoms with van der Waals surface area (Å²) in [7, 11) is 0. The van der Waals surface area contributed by atoms with Gasteiger partial charge in [-0.05, 0) is 30.3 Å². The molecule has 1 aromatic rings. The third kappa shape index (κ3) is 2.79. The number of hydrogen-bond acceptors (Lipinski definition) is 8. The quantitative estimate of drug-likeness (QED) is 0.318. The standard InChI is InChI=1S/C20H17NO9/c1-9(22)28-19(29-10(2)23)20-8-7-13(30-20)14-15(20)17(25)21(16(14)24)12-5-3-11(4-6-12)18(26)27/h3-8,13-15,19H,1-2H3,(H,26,27)/t13-,14+,15-,20+/m1/s1. The SMILES string of the molecule is CC(=O)OC(OC(C)=O)[C@@]12C=C[C@@H](O1)[C@@H]1C(=O)N(c3ccc(C(=O)O)cc3)C(=O)[C@@H]12. The van der Waals surface area contributed by atoms with E-state index in [0.717, 1.165) is 18.7 Å². The first-order valence-electron chi connectivity index (χ1n) is 9.08. The molecule has 0 saturated carbocycles. The number of fused-ring (bicyclic) bond motifs is 5. The molecule has 3 aliphatic heterocycles. The van der Waals surface area contributed by atoms with E-state index < -0.39 is 59.6 Å². The Morgan fingerprint density at radius 1 is 1.07 bits per heavy atom. The minimum Gasteiger partial charge on any atom is -0.478 e. The number of esters is 2. The van der Waals surface area contributed by atoms with Gasteiger partial charge in [0.05, 0.1) is 29.2 Å². The molecule has 30 heavy (non-hydrogen) atoms. The fraction of sp³-hybridized carbons (Fsp3) is 0.350. The van der Waals surface area contributed by atoms with Crippen molar-refractivity contribution in [2.24, 2.45) is 11.8 Å². The fourth-order valence-electron chi connectivity index (χ4n) is 4.22. The topological polar surface area (TPSA) is 137 Å². The van der Waals surface area contributed by atoms with Crippen molar-refractivity contribution in [2.75, 3.05) is 4.90 Å². The minimum atomic E-state index is -1.63. The minimum absolute atomic E-state index is 0.00404. The number of carbonyl (C=O) groups excluding carboxylic acids is 4. The van der Waals surface area contributed by atoms with Gasteiger partial charge in [-0.25, -0.2) is 9.69 Å². The average Bonchev–Trinajstić information content (AvgIpc) is 3.32. The van der Waals surface area contributed by atoms with Crippen molar-refractivity contribution in [1.82, 2.24) is 0 Å². The van der Waals surface area contributed by atoms with Gasteiger partial charge in [0.25, 0.3) is 6.29 Å². The van der Waals surface area contributed by atoms with Crippen molar-refractivity contribution in [3.05, 3.63) is 42.0 Å². The number of aromatic carboxylic acids is 1. The molecule has 2 amide bonds. The van der Waals surface area contributed by atoms with Crippen molar-refractivity contribution in [3.63, 3.8) is 0 Å². The van der Waals surface area contributed by atoms with Gasteiger partial charge in [0.1, 0.15) is 0 Å². The summed E-state index contributed by atoms with van der Waals surface area (Å²) in [4.78, 5) is 61.5. The molecule has 1 aromatic carbocycles. The van der Waals surface area contributed by atoms with Crippen LogP contribution in [0.15, 0.2) is 36.4 Å². The summed E-state index contributed by atoms with van der Waals surface area (Å²) >= 11 is 0. The number of imide groups is 1. The third-order valence-corrected chi connectivity index (χ3v) is 5.36. The van der Waals surface area contributed by atoms with E-state index in [2.05, 4.69) is 0 Å². The number of anilines is 1. The molecular formula is C20H17NO9. The Morgan fingerprint density at radius 2 is 1.67 bits per heavy atom. The Balaban J connectivity index is 1.71. The highest BCUT2D eigenvalue weighted by atomic mass is 16.7. The molecule has 0 unspecified atom stereocenters. The highest BCUT2D eigenvalue weighted by Crippen LogP contribution is 2.54. The lowest BCUT2D eigenvalue weighted by Gasteiger charge is -2.34. The molecule has 0 aromatic heterocycles. The Hall–Kier alpha value is -3.53. The zero-order valence-corrected chi connectivity index (χ0v) is 15.9. The molecule has 0 spiro atoms. The van der Waals surface area contributed by atoms with Crippen molar-refractivity contribution in [1.29, 1.82) is 0 Å². The van der Waals surface area contributed by atoms with Gasteiger partial charge in [-0.3, -0.25) is 19.2 Å². The molecule has 2 saturated heterocycles. The van der Waals surface area contributed by atoms with Crippen LogP contribution in [0.25, 0.3) is 0 Å². The summed E-state index contributed by atoms with van der Waals surface area (Å²) in [5, 5.41) is 9.04. The molecule has 10 heteroatoms. The first-order valence-corrected chi connectivity index (χ1v) is 9.08. The first kappa shape index (κ1) is 19.8. The Morgan fingerprint density at radius 3 is 2.20 bits per heavy atom. The number of benzene rings is 1. The maximum Gasteiger partial charge on any atom is 0.335 e. The molecule has 1 N–H and O–H groups in total. The number of carboxylic acid groups (broad SMARTS) is 1. The highest BCUT2D eigenvalue weighted by molar-refractivity contribution is 6.23. The van der Waals surface area contributed by atoms with Crippen molar-refractivity contribution < 1.29 is 43.3 Å². The van der Waals surface area contributed by atoms with E-state index in [1.54, 1.807) is 6.08 Å². The van der Waals surface area contributed by atoms with Crippen LogP contribution >= 0.6 is 0 Å². The van der Waals surface area contributed by atoms with E-state index in [9.17, 15) is 24.0 Å². The van der Waals surface area contributed by atoms with E-state index in [4.69, 9.17) is 19.3 Å². The van der Waals surface area contributed by atoms with Gasteiger partial charge in [-0.15, -0.1) is 0 Å². The molecule has 4 atom stereocenters. The molecule has 0 aliphatic carbocycles. The molecule has 4 rings (SSSR count). The third-order valence-electron chi connectivity index (χ3n) is 5.36. The molecule has 2 fully saturated rings. The molecular weight excluding hydrogens is 398 g/mol. The number of carboxylic acids is 1. The molecule has 3 heterocycles. The normalized spacial score (nSPS) is 28.8. The summed E-state index contributed by atoms with van der Waals surface area (Å²) in [6.07, 6.45) is 0.749. The van der Waals surface area contributed by atoms with Crippen LogP contribution in [0, 0.1) is 11.8 Å². The number of ether oxygens (including phenoxy) is 3. The van der Waals surface area contributed by atoms with Crippen LogP contribution < -0.4 is 4.90 Å². The maximum absolute atomic E-state index is 13.3. The lowest BCUT2D eigenvalue weighted by molar-refractivity contribution is -0.226. The van der Waals surface area contributed by atoms with E-state index in [1.165, 1.54) is 30.3 Å². The Kier molecular flexibility index (Phi) is 4.46. The van der Waals surface area contributed by atoms with Crippen LogP contribution in [0.1, 0.15) is 24.2 Å². The molecule has 3 aliphatic rings. The Labute approximate surface area is 170 Å². The van der Waals surface area contributed by atoms with Gasteiger partial charge in [0.2, 0.25) is 11.8 Å². The fourth-order valence-corrected chi connectivity index (χ4v) is 4.22. The summed E-state index contributed by atoms with van der Waals surface area (Å²) in [5.74, 6) is -5.77. The van der Waals surface area contributed by atoms with Crippen LogP contribution in [0.2, 0.25) is 0 Å². The highest BCUT2D eigenvalue weighted by Gasteiger charge is 2.72. The number of amides is 2. The lowest BCUT2D eigenvalue weighted by Crippen LogP contribution is -2.52. The van der Waals surface area contributed by atoms with Crippen LogP contribution in [-0.2, 0) is 33.4 Å². The lowest BCUT2D eigenvalue weighted by atomic mass is 9.76. The second kappa shape index (κ2) is 6.77. The predicted octanol–water partition coefficient (Wildman–Crippen LogP) is 0.650. The van der Waals surface area contributed by atoms with E-state index in [0.29, 0.717) is 0 Å². The smallest absolute Gasteiger partial charge is 0.335 e. The largest absolute Gasteiger partial charge is 0.478 e. The molecule has 0 radical (unpaired) electrons. The zero-order chi connectivity index (χ0) is 21.8. The van der Waals surface area contributed by atoms with Gasteiger partial charge in [0.15, 0.2) is 5.60 Å². The van der Waals surface area contributed by atoms with E-state index >= 15 is 0 Å². The van der Waals surface area contributed by atoms with Crippen molar-refractivity contribution >= 4 is 35.4 Å². The average molecular weight is 415 g/mol. The summed E-state index contributed by atoms with van der Waals surface area (Å²) in [6, 6.07) is 5.29. The van der Waals surface area contributed by atoms with E-state index in [1.807, 2.05) is 0 Å². The Bertz CT molecular complexity index is 982. The summed E-state index contributed by atoms with van der Waals surface area (Å²) in [5.41, 5.74) is -1.42. The monoisotopic (exact) mass is 415 g/mol. The first-order chi connectivity index (χ1) is 14.2. The van der Waals surface area contributed by atoms with Crippen molar-refractivity contribution in [2.45, 2.75) is 31.8 Å². The van der Waals surface area contributed by atoms with Crippen LogP contribution in [0.3, 0.4) is 0 Å². The maximum atomic E-state index is 13.3. The van der Waals surface area contributed by atoms with E-state index in [-0.39, 0.29) is 11.3 Å². The molecule has 2 bridgehead atoms. The summed E-state index contributed by atoms with van der Waals surface area (Å²) in [6.45, 7) is 2.24. The van der Waals surface area contributed by atoms with Gasteiger partial charge in [-0.2, -0.15) is 0 Å². The number of rotatable bonds is 5. The van der Waals surface area contributed by atoms with Crippen LogP contribution in [0.4, 0.5) is 5.69 Å².